The van der Waals surface area contributed by atoms with E-state index in [0.29, 0.717) is 11.1 Å². The summed E-state index contributed by atoms with van der Waals surface area (Å²) in [5, 5.41) is 33.8. The summed E-state index contributed by atoms with van der Waals surface area (Å²) in [5.41, 5.74) is 22.1. The fourth-order valence-corrected chi connectivity index (χ4v) is 17.3. The van der Waals surface area contributed by atoms with E-state index in [1.54, 1.807) is 35.1 Å². The summed E-state index contributed by atoms with van der Waals surface area (Å²) in [6.07, 6.45) is 3.61. The van der Waals surface area contributed by atoms with Gasteiger partial charge >= 0.3 is 0 Å². The molecule has 18 rings (SSSR count). The average Bonchev–Trinajstić information content (AvgIpc) is 1.42. The van der Waals surface area contributed by atoms with Gasteiger partial charge in [0.2, 0.25) is 0 Å². The molecule has 4 heterocycles. The number of furan rings is 2. The zero-order chi connectivity index (χ0) is 76.1. The number of phenols is 2. The molecule has 111 heavy (non-hydrogen) atoms. The Morgan fingerprint density at radius 2 is 0.748 bits per heavy atom. The maximum atomic E-state index is 11.5. The van der Waals surface area contributed by atoms with E-state index in [9.17, 15) is 10.2 Å². The molecule has 14 aromatic carbocycles. The first-order chi connectivity index (χ1) is 52.9. The molecule has 0 aliphatic rings. The van der Waals surface area contributed by atoms with Crippen LogP contribution in [0.2, 0.25) is 0 Å². The van der Waals surface area contributed by atoms with Gasteiger partial charge in [0.25, 0.3) is 0 Å². The van der Waals surface area contributed by atoms with Crippen molar-refractivity contribution in [3.63, 3.8) is 0 Å². The van der Waals surface area contributed by atoms with E-state index < -0.39 is 0 Å². The molecule has 0 bridgehead atoms. The molecule has 0 saturated heterocycles. The molecule has 0 atom stereocenters. The average molecular weight is 1660 g/mol. The number of rotatable bonds is 10. The molecular weight excluding hydrogens is 1580 g/mol. The minimum Gasteiger partial charge on any atom is -0.507 e. The first-order valence-electron chi connectivity index (χ1n) is 37.5. The number of fused-ring (bicyclic) bond motifs is 10. The second-order valence-electron chi connectivity index (χ2n) is 32.8. The van der Waals surface area contributed by atoms with E-state index >= 15 is 0 Å². The summed E-state index contributed by atoms with van der Waals surface area (Å²) in [4.78, 5) is 20.8. The molecule has 8 nitrogen and oxygen atoms in total. The van der Waals surface area contributed by atoms with E-state index in [1.165, 1.54) is 10.8 Å². The van der Waals surface area contributed by atoms with Crippen molar-refractivity contribution in [2.75, 3.05) is 0 Å². The topological polar surface area (TPSA) is 117 Å². The van der Waals surface area contributed by atoms with Crippen LogP contribution in [0.4, 0.5) is 11.4 Å². The molecule has 4 aromatic heterocycles. The molecule has 2 N–H and O–H groups in total. The van der Waals surface area contributed by atoms with E-state index in [2.05, 4.69) is 283 Å². The Bertz CT molecular complexity index is 6340. The van der Waals surface area contributed by atoms with Crippen molar-refractivity contribution >= 4 is 132 Å². The maximum Gasteiger partial charge on any atom is 0.143 e. The van der Waals surface area contributed by atoms with E-state index in [-0.39, 0.29) is 54.2 Å². The molecule has 0 fully saturated rings. The van der Waals surface area contributed by atoms with Crippen molar-refractivity contribution in [1.82, 2.24) is 9.97 Å². The number of nitrogens with zero attached hydrogens (tertiary/aromatic N) is 4. The van der Waals surface area contributed by atoms with Gasteiger partial charge in [-0.1, -0.05) is 271 Å². The van der Waals surface area contributed by atoms with Crippen molar-refractivity contribution < 1.29 is 40.1 Å². The van der Waals surface area contributed by atoms with Gasteiger partial charge in [0.15, 0.2) is 0 Å². The number of hydrogen-bond donors (Lipinski definition) is 2. The molecule has 550 valence electrons. The van der Waals surface area contributed by atoms with Gasteiger partial charge in [-0.15, -0.1) is 57.2 Å². The van der Waals surface area contributed by atoms with Gasteiger partial charge in [-0.05, 0) is 127 Å². The molecule has 0 amide bonds. The number of para-hydroxylation sites is 6. The fourth-order valence-electron chi connectivity index (χ4n) is 15.1. The summed E-state index contributed by atoms with van der Waals surface area (Å²) in [5.74, 6) is 0.540. The van der Waals surface area contributed by atoms with E-state index in [1.807, 2.05) is 66.7 Å². The van der Waals surface area contributed by atoms with Crippen LogP contribution in [0, 0.1) is 6.07 Å². The summed E-state index contributed by atoms with van der Waals surface area (Å²) in [7, 11) is 0. The molecule has 0 aliphatic carbocycles. The second kappa shape index (κ2) is 28.8. The number of hydrogen-bond acceptors (Lipinski definition) is 10. The molecule has 18 aromatic rings. The van der Waals surface area contributed by atoms with Crippen molar-refractivity contribution in [1.29, 1.82) is 0 Å². The van der Waals surface area contributed by atoms with Gasteiger partial charge < -0.3 is 19.0 Å². The zero-order valence-corrected chi connectivity index (χ0v) is 68.0. The SMILES string of the molecule is CC(C)(C)c1cc(C=Nc2ccccc2-c2nc3c(-c4[c-]ccc5ccccc45)cc(-c4cccc5c4oc4ccccc45)cc3s2)c(O)c(C(C)(C)C)c1.CC(C)(C)c1cc(C=Nc2ccccc2-c2nc3c(-c4cccc5ccccc45)cc(-c4cccc5c4oc4ccccc45)cc3s2)c(O)c(C(C)(C)C)c1.[Pt]. The minimum absolute atomic E-state index is 0. The van der Waals surface area contributed by atoms with Crippen LogP contribution in [0.1, 0.15) is 116 Å². The number of thiazole rings is 2. The first-order valence-corrected chi connectivity index (χ1v) is 39.1. The smallest absolute Gasteiger partial charge is 0.143 e. The van der Waals surface area contributed by atoms with Crippen molar-refractivity contribution in [3.05, 3.63) is 300 Å². The quantitative estimate of drug-likeness (QED) is 0.104. The Morgan fingerprint density at radius 3 is 1.24 bits per heavy atom. The minimum atomic E-state index is -0.235. The van der Waals surface area contributed by atoms with Gasteiger partial charge in [0.1, 0.15) is 43.8 Å². The molecule has 11 heteroatoms. The third kappa shape index (κ3) is 14.0. The third-order valence-electron chi connectivity index (χ3n) is 21.1. The number of phenolic OH excluding ortho intramolecular Hbond substituents is 2. The molecule has 0 radical (unpaired) electrons. The van der Waals surface area contributed by atoms with Crippen LogP contribution in [0.5, 0.6) is 11.5 Å². The second-order valence-corrected chi connectivity index (χ2v) is 34.8. The van der Waals surface area contributed by atoms with Crippen molar-refractivity contribution in [2.24, 2.45) is 9.98 Å². The van der Waals surface area contributed by atoms with Gasteiger partial charge in [0.05, 0.1) is 21.6 Å². The van der Waals surface area contributed by atoms with Crippen LogP contribution in [0.3, 0.4) is 0 Å². The van der Waals surface area contributed by atoms with Crippen LogP contribution >= 0.6 is 22.7 Å². The predicted octanol–water partition coefficient (Wildman–Crippen LogP) is 28.6. The van der Waals surface area contributed by atoms with Crippen LogP contribution in [-0.4, -0.2) is 32.6 Å². The third-order valence-corrected chi connectivity index (χ3v) is 23.1. The van der Waals surface area contributed by atoms with Crippen LogP contribution in [0.25, 0.3) is 152 Å². The number of aliphatic imine (C=N–C) groups is 2. The van der Waals surface area contributed by atoms with Crippen LogP contribution in [0.15, 0.2) is 280 Å². The number of aromatic nitrogens is 2. The largest absolute Gasteiger partial charge is 0.507 e. The van der Waals surface area contributed by atoms with E-state index in [4.69, 9.17) is 28.8 Å². The monoisotopic (exact) mass is 1660 g/mol. The van der Waals surface area contributed by atoms with E-state index in [0.717, 1.165) is 174 Å². The van der Waals surface area contributed by atoms with Gasteiger partial charge in [-0.25, -0.2) is 9.97 Å². The van der Waals surface area contributed by atoms with Crippen LogP contribution in [-0.2, 0) is 42.7 Å². The summed E-state index contributed by atoms with van der Waals surface area (Å²) in [6, 6.07) is 94.1. The Labute approximate surface area is 669 Å². The van der Waals surface area contributed by atoms with Gasteiger partial charge in [0, 0.05) is 115 Å². The number of benzene rings is 14. The molecule has 0 spiro atoms. The Balaban J connectivity index is 0.000000167. The standard InChI is InChI=1S/C50H42N2O2S.C50H41N2O2S.Pt/c2*1-49(2,3)33-25-32(46(53)41(28-33)50(4,5)6)29-51-42-23-11-9-19-39(42)48-52-45-40(36-21-13-16-30-15-7-8-17-34(30)36)26-31(27-44(45)55-48)35-20-14-22-38-37-18-10-12-24-43(37)54-47(35)38;/h7-29,53H,1-6H3;7-20,22-29,53H,1-6H3;/q;-1;. The normalized spacial score (nSPS) is 12.4. The Kier molecular flexibility index (Phi) is 19.1. The van der Waals surface area contributed by atoms with Gasteiger partial charge in [-0.3, -0.25) is 9.98 Å². The predicted molar refractivity (Wildman–Crippen MR) is 466 cm³/mol. The number of aromatic hydroxyl groups is 2. The van der Waals surface area contributed by atoms with Crippen LogP contribution < -0.4 is 0 Å². The maximum absolute atomic E-state index is 11.5. The van der Waals surface area contributed by atoms with Crippen molar-refractivity contribution in [3.8, 4) is 77.1 Å². The summed E-state index contributed by atoms with van der Waals surface area (Å²) >= 11 is 3.33. The Morgan fingerprint density at radius 1 is 0.360 bits per heavy atom. The molecule has 0 aliphatic heterocycles. The molecule has 0 unspecified atom stereocenters. The Hall–Kier alpha value is -11.4. The molecular formula is C100H83N4O4PtS2-. The fraction of sp³-hybridized carbons (Fsp3) is 0.160. The first kappa shape index (κ1) is 73.7. The zero-order valence-electron chi connectivity index (χ0n) is 64.1. The molecule has 0 saturated carbocycles. The summed E-state index contributed by atoms with van der Waals surface area (Å²) < 4.78 is 15.2. The summed E-state index contributed by atoms with van der Waals surface area (Å²) in [6.45, 7) is 26.0. The van der Waals surface area contributed by atoms with Crippen molar-refractivity contribution in [2.45, 2.75) is 105 Å². The van der Waals surface area contributed by atoms with Gasteiger partial charge in [-0.2, -0.15) is 0 Å².